The molecule has 0 fully saturated rings. The number of aromatic nitrogens is 1. The van der Waals surface area contributed by atoms with Gasteiger partial charge < -0.3 is 5.11 Å². The third-order valence-electron chi connectivity index (χ3n) is 4.39. The van der Waals surface area contributed by atoms with Crippen LogP contribution >= 0.6 is 0 Å². The zero-order valence-electron chi connectivity index (χ0n) is 12.0. The van der Waals surface area contributed by atoms with Crippen LogP contribution in [0.5, 0.6) is 0 Å². The normalized spacial score (nSPS) is 17.2. The summed E-state index contributed by atoms with van der Waals surface area (Å²) in [6.45, 7) is 0. The number of carboxylic acids is 1. The lowest BCUT2D eigenvalue weighted by Crippen LogP contribution is -2.11. The molecule has 1 aromatic carbocycles. The molecule has 3 nitrogen and oxygen atoms in total. The Balaban J connectivity index is 1.76. The van der Waals surface area contributed by atoms with Gasteiger partial charge in [0.25, 0.3) is 0 Å². The fourth-order valence-electron chi connectivity index (χ4n) is 3.32. The van der Waals surface area contributed by atoms with E-state index in [1.165, 1.54) is 30.4 Å². The fourth-order valence-corrected chi connectivity index (χ4v) is 3.32. The zero-order valence-corrected chi connectivity index (χ0v) is 12.0. The van der Waals surface area contributed by atoms with E-state index in [-0.39, 0.29) is 0 Å². The molecule has 3 heteroatoms. The van der Waals surface area contributed by atoms with E-state index in [4.69, 9.17) is 0 Å². The number of carboxylic acid groups (broad SMARTS) is 1. The third kappa shape index (κ3) is 2.97. The molecule has 1 aromatic heterocycles. The Morgan fingerprint density at radius 1 is 1.29 bits per heavy atom. The van der Waals surface area contributed by atoms with Gasteiger partial charge >= 0.3 is 5.97 Å². The molecule has 1 atom stereocenters. The monoisotopic (exact) mass is 281 g/mol. The van der Waals surface area contributed by atoms with Gasteiger partial charge in [0.15, 0.2) is 0 Å². The highest BCUT2D eigenvalue weighted by Gasteiger charge is 2.20. The first-order valence-corrected chi connectivity index (χ1v) is 7.49. The van der Waals surface area contributed by atoms with Crippen LogP contribution in [0.3, 0.4) is 0 Å². The van der Waals surface area contributed by atoms with Gasteiger partial charge in [-0.3, -0.25) is 4.98 Å². The lowest BCUT2D eigenvalue weighted by Gasteiger charge is -2.25. The topological polar surface area (TPSA) is 50.2 Å². The van der Waals surface area contributed by atoms with E-state index in [0.717, 1.165) is 18.4 Å². The Kier molecular flexibility index (Phi) is 4.00. The van der Waals surface area contributed by atoms with Crippen LogP contribution < -0.4 is 0 Å². The number of nitrogens with zero attached hydrogens (tertiary/aromatic N) is 1. The fraction of sp³-hybridized carbons (Fsp3) is 0.333. The molecule has 1 aliphatic carbocycles. The number of aromatic carboxylic acids is 1. The van der Waals surface area contributed by atoms with E-state index in [2.05, 4.69) is 29.2 Å². The summed E-state index contributed by atoms with van der Waals surface area (Å²) in [5.74, 6) is -0.326. The minimum atomic E-state index is -0.864. The minimum Gasteiger partial charge on any atom is -0.478 e. The predicted molar refractivity (Wildman–Crippen MR) is 81.6 cm³/mol. The van der Waals surface area contributed by atoms with E-state index in [9.17, 15) is 9.90 Å². The van der Waals surface area contributed by atoms with Crippen LogP contribution in [0.2, 0.25) is 0 Å². The number of benzene rings is 1. The van der Waals surface area contributed by atoms with Crippen molar-refractivity contribution < 1.29 is 9.90 Å². The molecule has 1 aliphatic rings. The highest BCUT2D eigenvalue weighted by atomic mass is 16.4. The highest BCUT2D eigenvalue weighted by Crippen LogP contribution is 2.34. The van der Waals surface area contributed by atoms with Crippen molar-refractivity contribution in [2.45, 2.75) is 38.0 Å². The molecular formula is C18H19NO2. The summed E-state index contributed by atoms with van der Waals surface area (Å²) in [6.07, 6.45) is 8.58. The summed E-state index contributed by atoms with van der Waals surface area (Å²) in [7, 11) is 0. The molecule has 3 rings (SSSR count). The number of rotatable bonds is 4. The number of carbonyl (C=O) groups is 1. The van der Waals surface area contributed by atoms with Crippen LogP contribution in [0.15, 0.2) is 42.7 Å². The van der Waals surface area contributed by atoms with Gasteiger partial charge in [-0.2, -0.15) is 0 Å². The summed E-state index contributed by atoms with van der Waals surface area (Å²) in [5.41, 5.74) is 4.13. The molecule has 108 valence electrons. The third-order valence-corrected chi connectivity index (χ3v) is 4.39. The number of fused-ring (bicyclic) bond motifs is 1. The molecule has 0 amide bonds. The molecule has 0 aliphatic heterocycles. The molecule has 0 unspecified atom stereocenters. The van der Waals surface area contributed by atoms with Crippen LogP contribution in [0, 0.1) is 0 Å². The molecule has 0 saturated carbocycles. The molecule has 1 N–H and O–H groups in total. The van der Waals surface area contributed by atoms with Crippen molar-refractivity contribution in [2.75, 3.05) is 0 Å². The number of hydrogen-bond donors (Lipinski definition) is 1. The SMILES string of the molecule is O=C(O)c1ccncc1CC[C@H]1CCCc2ccccc21. The molecule has 1 heterocycles. The minimum absolute atomic E-state index is 0.383. The number of pyridine rings is 1. The van der Waals surface area contributed by atoms with Crippen molar-refractivity contribution >= 4 is 5.97 Å². The standard InChI is InChI=1S/C18H19NO2/c20-18(21)17-10-11-19-12-15(17)9-8-14-6-3-5-13-4-1-2-7-16(13)14/h1-2,4,7,10-12,14H,3,5-6,8-9H2,(H,20,21)/t14-/m1/s1. The van der Waals surface area contributed by atoms with Crippen molar-refractivity contribution in [2.24, 2.45) is 0 Å². The lowest BCUT2D eigenvalue weighted by atomic mass is 9.80. The predicted octanol–water partition coefficient (Wildman–Crippen LogP) is 3.83. The van der Waals surface area contributed by atoms with Crippen molar-refractivity contribution in [3.05, 3.63) is 65.0 Å². The quantitative estimate of drug-likeness (QED) is 0.926. The van der Waals surface area contributed by atoms with Gasteiger partial charge in [0, 0.05) is 12.4 Å². The summed E-state index contributed by atoms with van der Waals surface area (Å²) >= 11 is 0. The first-order valence-electron chi connectivity index (χ1n) is 7.49. The van der Waals surface area contributed by atoms with Crippen molar-refractivity contribution in [1.82, 2.24) is 4.98 Å². The summed E-state index contributed by atoms with van der Waals surface area (Å²) < 4.78 is 0. The van der Waals surface area contributed by atoms with E-state index in [1.807, 2.05) is 0 Å². The van der Waals surface area contributed by atoms with E-state index >= 15 is 0 Å². The largest absolute Gasteiger partial charge is 0.478 e. The van der Waals surface area contributed by atoms with E-state index < -0.39 is 5.97 Å². The maximum Gasteiger partial charge on any atom is 0.336 e. The van der Waals surface area contributed by atoms with E-state index in [0.29, 0.717) is 11.5 Å². The number of aryl methyl sites for hydroxylation is 2. The first kappa shape index (κ1) is 13.8. The van der Waals surface area contributed by atoms with Gasteiger partial charge in [-0.05, 0) is 60.8 Å². The zero-order chi connectivity index (χ0) is 14.7. The van der Waals surface area contributed by atoms with Gasteiger partial charge in [-0.15, -0.1) is 0 Å². The molecule has 0 radical (unpaired) electrons. The molecule has 0 bridgehead atoms. The van der Waals surface area contributed by atoms with Crippen molar-refractivity contribution in [3.8, 4) is 0 Å². The lowest BCUT2D eigenvalue weighted by molar-refractivity contribution is 0.0695. The Hall–Kier alpha value is -2.16. The average Bonchev–Trinajstić information content (AvgIpc) is 2.53. The smallest absolute Gasteiger partial charge is 0.336 e. The first-order chi connectivity index (χ1) is 10.3. The van der Waals surface area contributed by atoms with Gasteiger partial charge in [0.05, 0.1) is 5.56 Å². The van der Waals surface area contributed by atoms with E-state index in [1.54, 1.807) is 18.5 Å². The van der Waals surface area contributed by atoms with Crippen molar-refractivity contribution in [3.63, 3.8) is 0 Å². The summed E-state index contributed by atoms with van der Waals surface area (Å²) in [4.78, 5) is 15.3. The van der Waals surface area contributed by atoms with Crippen LogP contribution in [0.25, 0.3) is 0 Å². The Morgan fingerprint density at radius 2 is 2.14 bits per heavy atom. The maximum atomic E-state index is 11.2. The van der Waals surface area contributed by atoms with Crippen molar-refractivity contribution in [1.29, 1.82) is 0 Å². The van der Waals surface area contributed by atoms with Gasteiger partial charge in [-0.25, -0.2) is 4.79 Å². The molecule has 0 saturated heterocycles. The second kappa shape index (κ2) is 6.08. The average molecular weight is 281 g/mol. The van der Waals surface area contributed by atoms with Gasteiger partial charge in [0.2, 0.25) is 0 Å². The van der Waals surface area contributed by atoms with Crippen LogP contribution in [0.4, 0.5) is 0 Å². The summed E-state index contributed by atoms with van der Waals surface area (Å²) in [5, 5.41) is 9.23. The van der Waals surface area contributed by atoms with Gasteiger partial charge in [-0.1, -0.05) is 24.3 Å². The molecular weight excluding hydrogens is 262 g/mol. The van der Waals surface area contributed by atoms with Crippen LogP contribution in [-0.2, 0) is 12.8 Å². The van der Waals surface area contributed by atoms with Crippen LogP contribution in [-0.4, -0.2) is 16.1 Å². The van der Waals surface area contributed by atoms with Crippen LogP contribution in [0.1, 0.15) is 52.2 Å². The second-order valence-electron chi connectivity index (χ2n) is 5.66. The van der Waals surface area contributed by atoms with Gasteiger partial charge in [0.1, 0.15) is 0 Å². The molecule has 0 spiro atoms. The molecule has 21 heavy (non-hydrogen) atoms. The Bertz CT molecular complexity index is 651. The maximum absolute atomic E-state index is 11.2. The Labute approximate surface area is 124 Å². The Morgan fingerprint density at radius 3 is 3.00 bits per heavy atom. The number of hydrogen-bond acceptors (Lipinski definition) is 2. The summed E-state index contributed by atoms with van der Waals surface area (Å²) in [6, 6.07) is 10.2. The molecule has 2 aromatic rings. The highest BCUT2D eigenvalue weighted by molar-refractivity contribution is 5.89. The second-order valence-corrected chi connectivity index (χ2v) is 5.66.